The van der Waals surface area contributed by atoms with Crippen LogP contribution in [0.4, 0.5) is 4.39 Å². The molecule has 1 heterocycles. The van der Waals surface area contributed by atoms with Crippen molar-refractivity contribution in [2.75, 3.05) is 39.8 Å². The molecule has 2 aromatic rings. The molecule has 30 heavy (non-hydrogen) atoms. The van der Waals surface area contributed by atoms with E-state index in [4.69, 9.17) is 4.74 Å². The second-order valence-electron chi connectivity index (χ2n) is 8.52. The molecule has 0 aromatic heterocycles. The van der Waals surface area contributed by atoms with E-state index in [0.29, 0.717) is 6.54 Å². The molecule has 1 fully saturated rings. The van der Waals surface area contributed by atoms with Crippen molar-refractivity contribution in [1.29, 1.82) is 0 Å². The summed E-state index contributed by atoms with van der Waals surface area (Å²) < 4.78 is 19.0. The number of fused-ring (bicyclic) bond motifs is 1. The topological polar surface area (TPSA) is 47.2 Å². The third-order valence-electron chi connectivity index (χ3n) is 6.46. The van der Waals surface area contributed by atoms with Crippen molar-refractivity contribution in [3.05, 3.63) is 65.0 Å². The van der Waals surface area contributed by atoms with Gasteiger partial charge in [0, 0.05) is 0 Å². The van der Waals surface area contributed by atoms with Gasteiger partial charge in [-0.1, -0.05) is 24.3 Å². The molecule has 0 bridgehead atoms. The normalized spacial score (nSPS) is 23.5. The molecule has 1 amide bonds. The number of halogens is 1. The zero-order valence-electron chi connectivity index (χ0n) is 17.7. The van der Waals surface area contributed by atoms with Gasteiger partial charge in [0.1, 0.15) is 44.3 Å². The first-order valence-corrected chi connectivity index (χ1v) is 11.0. The van der Waals surface area contributed by atoms with E-state index in [1.54, 1.807) is 19.2 Å². The van der Waals surface area contributed by atoms with Crippen LogP contribution in [0.25, 0.3) is 0 Å². The summed E-state index contributed by atoms with van der Waals surface area (Å²) in [5.41, 5.74) is 3.56. The largest absolute Gasteiger partial charge is 0.496 e. The highest BCUT2D eigenvalue weighted by molar-refractivity contribution is 5.77. The monoisotopic (exact) mass is 413 g/mol. The molecule has 0 saturated carbocycles. The van der Waals surface area contributed by atoms with E-state index in [0.717, 1.165) is 63.3 Å². The first-order valence-electron chi connectivity index (χ1n) is 11.0. The van der Waals surface area contributed by atoms with Crippen molar-refractivity contribution in [3.8, 4) is 5.75 Å². The van der Waals surface area contributed by atoms with Crippen molar-refractivity contribution < 1.29 is 23.7 Å². The number of rotatable bonds is 6. The summed E-state index contributed by atoms with van der Waals surface area (Å²) in [4.78, 5) is 15.4. The molecule has 1 aliphatic carbocycles. The fourth-order valence-electron chi connectivity index (χ4n) is 4.84. The minimum Gasteiger partial charge on any atom is -0.496 e. The molecule has 1 aliphatic heterocycles. The van der Waals surface area contributed by atoms with Gasteiger partial charge < -0.3 is 19.9 Å². The van der Waals surface area contributed by atoms with Crippen LogP contribution < -0.4 is 19.9 Å². The second kappa shape index (κ2) is 9.58. The number of aryl methyl sites for hydroxylation is 1. The van der Waals surface area contributed by atoms with Gasteiger partial charge >= 0.3 is 0 Å². The van der Waals surface area contributed by atoms with Gasteiger partial charge in [0.25, 0.3) is 5.91 Å². The molecule has 6 heteroatoms. The van der Waals surface area contributed by atoms with Gasteiger partial charge in [-0.3, -0.25) is 4.79 Å². The minimum atomic E-state index is -0.226. The van der Waals surface area contributed by atoms with E-state index in [2.05, 4.69) is 29.6 Å². The Labute approximate surface area is 177 Å². The summed E-state index contributed by atoms with van der Waals surface area (Å²) in [7, 11) is 1.62. The third kappa shape index (κ3) is 4.99. The van der Waals surface area contributed by atoms with E-state index in [1.165, 1.54) is 27.0 Å². The fraction of sp³-hybridized carbons (Fsp3) is 0.458. The molecule has 2 aliphatic rings. The lowest BCUT2D eigenvalue weighted by molar-refractivity contribution is -1.02. The van der Waals surface area contributed by atoms with Crippen molar-refractivity contribution in [3.63, 3.8) is 0 Å². The van der Waals surface area contributed by atoms with Crippen molar-refractivity contribution in [2.24, 2.45) is 0 Å². The highest BCUT2D eigenvalue weighted by atomic mass is 19.1. The van der Waals surface area contributed by atoms with Crippen LogP contribution in [-0.4, -0.2) is 45.7 Å². The Bertz CT molecular complexity index is 881. The van der Waals surface area contributed by atoms with Gasteiger partial charge in [-0.25, -0.2) is 4.39 Å². The SMILES string of the molecule is COc1ccc(F)cc1C[NH+]1CC[NH+](CC(=O)N[C@H]2CCCc3ccccc32)CC1. The maximum absolute atomic E-state index is 13.6. The number of amides is 1. The molecule has 160 valence electrons. The number of carbonyl (C=O) groups excluding carboxylic acids is 1. The minimum absolute atomic E-state index is 0.141. The molecular weight excluding hydrogens is 381 g/mol. The average Bonchev–Trinajstić information content (AvgIpc) is 2.75. The van der Waals surface area contributed by atoms with E-state index in [9.17, 15) is 9.18 Å². The van der Waals surface area contributed by atoms with Gasteiger partial charge in [0.2, 0.25) is 0 Å². The van der Waals surface area contributed by atoms with E-state index in [-0.39, 0.29) is 17.8 Å². The summed E-state index contributed by atoms with van der Waals surface area (Å²) in [6.45, 7) is 5.10. The fourth-order valence-corrected chi connectivity index (χ4v) is 4.84. The maximum atomic E-state index is 13.6. The lowest BCUT2D eigenvalue weighted by Crippen LogP contribution is -3.28. The number of piperazine rings is 1. The van der Waals surface area contributed by atoms with Crippen LogP contribution in [0, 0.1) is 5.82 Å². The Kier molecular flexibility index (Phi) is 6.65. The second-order valence-corrected chi connectivity index (χ2v) is 8.52. The van der Waals surface area contributed by atoms with E-state index >= 15 is 0 Å². The smallest absolute Gasteiger partial charge is 0.275 e. The lowest BCUT2D eigenvalue weighted by Gasteiger charge is -2.31. The van der Waals surface area contributed by atoms with Crippen LogP contribution in [-0.2, 0) is 17.8 Å². The molecule has 5 nitrogen and oxygen atoms in total. The number of ether oxygens (including phenoxy) is 1. The number of methoxy groups -OCH3 is 1. The van der Waals surface area contributed by atoms with Crippen molar-refractivity contribution >= 4 is 5.91 Å². The number of carbonyl (C=O) groups is 1. The zero-order chi connectivity index (χ0) is 20.9. The van der Waals surface area contributed by atoms with Gasteiger partial charge in [0.15, 0.2) is 6.54 Å². The van der Waals surface area contributed by atoms with E-state index < -0.39 is 0 Å². The van der Waals surface area contributed by atoms with Gasteiger partial charge in [-0.15, -0.1) is 0 Å². The summed E-state index contributed by atoms with van der Waals surface area (Å²) in [5, 5.41) is 3.27. The molecule has 2 aromatic carbocycles. The molecule has 0 unspecified atom stereocenters. The zero-order valence-corrected chi connectivity index (χ0v) is 17.7. The Balaban J connectivity index is 1.26. The molecule has 0 radical (unpaired) electrons. The lowest BCUT2D eigenvalue weighted by atomic mass is 9.88. The Morgan fingerprint density at radius 2 is 1.90 bits per heavy atom. The third-order valence-corrected chi connectivity index (χ3v) is 6.46. The Morgan fingerprint density at radius 3 is 2.70 bits per heavy atom. The summed E-state index contributed by atoms with van der Waals surface area (Å²) in [6, 6.07) is 13.3. The van der Waals surface area contributed by atoms with Crippen molar-refractivity contribution in [2.45, 2.75) is 31.8 Å². The number of benzene rings is 2. The summed E-state index contributed by atoms with van der Waals surface area (Å²) in [5.74, 6) is 0.656. The van der Waals surface area contributed by atoms with Crippen LogP contribution in [0.3, 0.4) is 0 Å². The number of nitrogens with one attached hydrogen (secondary N) is 3. The maximum Gasteiger partial charge on any atom is 0.275 e. The summed E-state index contributed by atoms with van der Waals surface area (Å²) >= 11 is 0. The average molecular weight is 414 g/mol. The van der Waals surface area contributed by atoms with Gasteiger partial charge in [-0.05, 0) is 48.6 Å². The number of hydrogen-bond acceptors (Lipinski definition) is 2. The van der Waals surface area contributed by atoms with Crippen LogP contribution >= 0.6 is 0 Å². The Hall–Kier alpha value is -2.44. The standard InChI is InChI=1S/C24H30FN3O2/c1-30-23-10-9-20(25)15-19(23)16-27-11-13-28(14-12-27)17-24(29)26-22-8-4-6-18-5-2-3-7-21(18)22/h2-3,5,7,9-10,15,22H,4,6,8,11-14,16-17H2,1H3,(H,26,29)/p+2/t22-/m0/s1. The van der Waals surface area contributed by atoms with Crippen LogP contribution in [0.5, 0.6) is 5.75 Å². The van der Waals surface area contributed by atoms with Crippen molar-refractivity contribution in [1.82, 2.24) is 5.32 Å². The quantitative estimate of drug-likeness (QED) is 0.639. The first kappa shape index (κ1) is 20.8. The predicted molar refractivity (Wildman–Crippen MR) is 113 cm³/mol. The van der Waals surface area contributed by atoms with Crippen LogP contribution in [0.15, 0.2) is 42.5 Å². The van der Waals surface area contributed by atoms with Crippen LogP contribution in [0.2, 0.25) is 0 Å². The first-order chi connectivity index (χ1) is 14.6. The highest BCUT2D eigenvalue weighted by Crippen LogP contribution is 2.29. The highest BCUT2D eigenvalue weighted by Gasteiger charge is 2.27. The number of quaternary nitrogens is 2. The Morgan fingerprint density at radius 1 is 1.13 bits per heavy atom. The molecule has 1 atom stereocenters. The molecule has 3 N–H and O–H groups in total. The van der Waals surface area contributed by atoms with Gasteiger partial charge in [-0.2, -0.15) is 0 Å². The number of hydrogen-bond donors (Lipinski definition) is 3. The molecule has 1 saturated heterocycles. The predicted octanol–water partition coefficient (Wildman–Crippen LogP) is 0.312. The molecular formula is C24H32FN3O2+2. The van der Waals surface area contributed by atoms with Gasteiger partial charge in [0.05, 0.1) is 18.7 Å². The van der Waals surface area contributed by atoms with Crippen LogP contribution in [0.1, 0.15) is 35.6 Å². The van der Waals surface area contributed by atoms with E-state index in [1.807, 2.05) is 0 Å². The molecule has 4 rings (SSSR count). The summed E-state index contributed by atoms with van der Waals surface area (Å²) in [6.07, 6.45) is 3.25. The molecule has 0 spiro atoms.